The van der Waals surface area contributed by atoms with Crippen LogP contribution in [0.4, 0.5) is 0 Å². The van der Waals surface area contributed by atoms with Crippen LogP contribution in [-0.2, 0) is 17.9 Å². The Kier molecular flexibility index (Phi) is 5.86. The molecule has 190 valence electrons. The third-order valence-electron chi connectivity index (χ3n) is 8.04. The summed E-state index contributed by atoms with van der Waals surface area (Å²) < 4.78 is 4.07. The van der Waals surface area contributed by atoms with Crippen LogP contribution in [0.1, 0.15) is 60.8 Å². The largest absolute Gasteiger partial charge is 0.351 e. The molecule has 3 aromatic heterocycles. The SMILES string of the molecule is Cc1ccc2c(c1)c(-n1cccc1)c1n2C[C@@](C)(C(=O)NC2CCCCC2)N(Cc2ccccn2)C1=O. The summed E-state index contributed by atoms with van der Waals surface area (Å²) in [5.74, 6) is -0.249. The number of nitrogens with one attached hydrogen (secondary N) is 1. The van der Waals surface area contributed by atoms with Gasteiger partial charge < -0.3 is 19.4 Å². The summed E-state index contributed by atoms with van der Waals surface area (Å²) >= 11 is 0. The minimum atomic E-state index is -1.07. The number of rotatable bonds is 5. The van der Waals surface area contributed by atoms with Gasteiger partial charge in [-0.2, -0.15) is 0 Å². The van der Waals surface area contributed by atoms with Crippen LogP contribution in [0.3, 0.4) is 0 Å². The third-order valence-corrected chi connectivity index (χ3v) is 8.04. The van der Waals surface area contributed by atoms with Gasteiger partial charge in [-0.15, -0.1) is 0 Å². The molecule has 1 saturated carbocycles. The van der Waals surface area contributed by atoms with Gasteiger partial charge in [-0.1, -0.05) is 37.0 Å². The van der Waals surface area contributed by atoms with Crippen LogP contribution in [0.2, 0.25) is 0 Å². The average Bonchev–Trinajstić information content (AvgIpc) is 3.54. The van der Waals surface area contributed by atoms with E-state index in [-0.39, 0.29) is 24.4 Å². The number of nitrogens with zero attached hydrogens (tertiary/aromatic N) is 4. The molecule has 2 aliphatic rings. The summed E-state index contributed by atoms with van der Waals surface area (Å²) in [5.41, 5.74) is 3.25. The van der Waals surface area contributed by atoms with E-state index in [1.807, 2.05) is 54.2 Å². The highest BCUT2D eigenvalue weighted by atomic mass is 16.2. The van der Waals surface area contributed by atoms with Crippen molar-refractivity contribution in [3.05, 3.63) is 84.1 Å². The Morgan fingerprint density at radius 1 is 1.08 bits per heavy atom. The molecule has 1 atom stereocenters. The molecule has 0 spiro atoms. The Hall–Kier alpha value is -3.87. The number of fused-ring (bicyclic) bond motifs is 3. The van der Waals surface area contributed by atoms with Crippen molar-refractivity contribution < 1.29 is 9.59 Å². The van der Waals surface area contributed by atoms with Crippen molar-refractivity contribution >= 4 is 22.7 Å². The molecule has 0 saturated heterocycles. The number of carbonyl (C=O) groups is 2. The lowest BCUT2D eigenvalue weighted by Gasteiger charge is -2.45. The van der Waals surface area contributed by atoms with E-state index in [0.29, 0.717) is 12.2 Å². The van der Waals surface area contributed by atoms with Crippen LogP contribution in [0, 0.1) is 6.92 Å². The molecule has 1 aliphatic carbocycles. The maximum Gasteiger partial charge on any atom is 0.274 e. The molecule has 4 heterocycles. The Morgan fingerprint density at radius 2 is 1.86 bits per heavy atom. The van der Waals surface area contributed by atoms with E-state index in [2.05, 4.69) is 40.0 Å². The fourth-order valence-corrected chi connectivity index (χ4v) is 6.00. The monoisotopic (exact) mass is 495 g/mol. The van der Waals surface area contributed by atoms with Crippen molar-refractivity contribution in [2.45, 2.75) is 70.6 Å². The Bertz CT molecular complexity index is 1450. The van der Waals surface area contributed by atoms with Crippen LogP contribution >= 0.6 is 0 Å². The van der Waals surface area contributed by atoms with Gasteiger partial charge >= 0.3 is 0 Å². The van der Waals surface area contributed by atoms with E-state index in [1.54, 1.807) is 11.1 Å². The first-order valence-corrected chi connectivity index (χ1v) is 13.2. The zero-order chi connectivity index (χ0) is 25.6. The van der Waals surface area contributed by atoms with Gasteiger partial charge in [0.2, 0.25) is 5.91 Å². The van der Waals surface area contributed by atoms with Crippen molar-refractivity contribution in [1.82, 2.24) is 24.3 Å². The molecule has 2 amide bonds. The normalized spacial score (nSPS) is 20.3. The Labute approximate surface area is 217 Å². The summed E-state index contributed by atoms with van der Waals surface area (Å²) in [7, 11) is 0. The molecule has 37 heavy (non-hydrogen) atoms. The number of amides is 2. The highest BCUT2D eigenvalue weighted by Gasteiger charge is 2.49. The second-order valence-electron chi connectivity index (χ2n) is 10.7. The van der Waals surface area contributed by atoms with Crippen molar-refractivity contribution in [2.24, 2.45) is 0 Å². The molecule has 1 aliphatic heterocycles. The number of aryl methyl sites for hydroxylation is 1. The summed E-state index contributed by atoms with van der Waals surface area (Å²) in [6.07, 6.45) is 11.1. The van der Waals surface area contributed by atoms with E-state index >= 15 is 0 Å². The van der Waals surface area contributed by atoms with Gasteiger partial charge in [-0.3, -0.25) is 14.6 Å². The van der Waals surface area contributed by atoms with Gasteiger partial charge in [-0.25, -0.2) is 0 Å². The van der Waals surface area contributed by atoms with Gasteiger partial charge in [0, 0.05) is 30.0 Å². The highest BCUT2D eigenvalue weighted by Crippen LogP contribution is 2.39. The lowest BCUT2D eigenvalue weighted by Crippen LogP contribution is -2.64. The number of carbonyl (C=O) groups excluding carboxylic acids is 2. The van der Waals surface area contributed by atoms with Gasteiger partial charge in [0.15, 0.2) is 0 Å². The molecule has 6 rings (SSSR count). The predicted octanol–water partition coefficient (Wildman–Crippen LogP) is 5.00. The molecule has 0 unspecified atom stereocenters. The second kappa shape index (κ2) is 9.21. The van der Waals surface area contributed by atoms with E-state index in [9.17, 15) is 9.59 Å². The van der Waals surface area contributed by atoms with E-state index < -0.39 is 5.54 Å². The maximum absolute atomic E-state index is 14.5. The quantitative estimate of drug-likeness (QED) is 0.424. The minimum Gasteiger partial charge on any atom is -0.351 e. The standard InChI is InChI=1S/C30H33N5O2/c1-21-13-14-25-24(18-21)26(33-16-8-9-17-33)27-28(36)35(19-23-12-6-7-15-31-23)30(2,20-34(25)27)29(37)32-22-10-4-3-5-11-22/h6-9,12-18,22H,3-5,10-11,19-20H2,1-2H3,(H,32,37)/t30-/m0/s1. The predicted molar refractivity (Wildman–Crippen MR) is 144 cm³/mol. The molecule has 0 radical (unpaired) electrons. The molecule has 1 fully saturated rings. The lowest BCUT2D eigenvalue weighted by molar-refractivity contribution is -0.134. The minimum absolute atomic E-state index is 0.0918. The van der Waals surface area contributed by atoms with Gasteiger partial charge in [0.1, 0.15) is 11.2 Å². The first-order valence-electron chi connectivity index (χ1n) is 13.2. The molecule has 7 heteroatoms. The topological polar surface area (TPSA) is 72.2 Å². The second-order valence-corrected chi connectivity index (χ2v) is 10.7. The van der Waals surface area contributed by atoms with Gasteiger partial charge in [-0.05, 0) is 63.1 Å². The highest BCUT2D eigenvalue weighted by molar-refractivity contribution is 6.09. The average molecular weight is 496 g/mol. The van der Waals surface area contributed by atoms with Crippen molar-refractivity contribution in [2.75, 3.05) is 0 Å². The summed E-state index contributed by atoms with van der Waals surface area (Å²) in [4.78, 5) is 34.7. The van der Waals surface area contributed by atoms with Crippen molar-refractivity contribution in [3.8, 4) is 5.69 Å². The summed E-state index contributed by atoms with van der Waals surface area (Å²) in [6.45, 7) is 4.61. The Morgan fingerprint density at radius 3 is 2.59 bits per heavy atom. The lowest BCUT2D eigenvalue weighted by atomic mass is 9.91. The van der Waals surface area contributed by atoms with Crippen LogP contribution in [-0.4, -0.2) is 42.4 Å². The number of benzene rings is 1. The molecule has 1 N–H and O–H groups in total. The summed E-state index contributed by atoms with van der Waals surface area (Å²) in [5, 5.41) is 4.32. The van der Waals surface area contributed by atoms with Crippen molar-refractivity contribution in [1.29, 1.82) is 0 Å². The van der Waals surface area contributed by atoms with E-state index in [1.165, 1.54) is 6.42 Å². The smallest absolute Gasteiger partial charge is 0.274 e. The van der Waals surface area contributed by atoms with Crippen LogP contribution < -0.4 is 5.32 Å². The third kappa shape index (κ3) is 4.02. The molecule has 0 bridgehead atoms. The van der Waals surface area contributed by atoms with Gasteiger partial charge in [0.05, 0.1) is 30.0 Å². The number of aromatic nitrogens is 3. The zero-order valence-corrected chi connectivity index (χ0v) is 21.5. The van der Waals surface area contributed by atoms with Crippen LogP contribution in [0.25, 0.3) is 16.6 Å². The van der Waals surface area contributed by atoms with Crippen molar-refractivity contribution in [3.63, 3.8) is 0 Å². The molecule has 4 aromatic rings. The summed E-state index contributed by atoms with van der Waals surface area (Å²) in [6, 6.07) is 16.0. The van der Waals surface area contributed by atoms with E-state index in [0.717, 1.165) is 53.5 Å². The molecular formula is C30H33N5O2. The maximum atomic E-state index is 14.5. The van der Waals surface area contributed by atoms with Crippen LogP contribution in [0.15, 0.2) is 67.1 Å². The molecular weight excluding hydrogens is 462 g/mol. The molecule has 7 nitrogen and oxygen atoms in total. The van der Waals surface area contributed by atoms with Gasteiger partial charge in [0.25, 0.3) is 5.91 Å². The van der Waals surface area contributed by atoms with Crippen LogP contribution in [0.5, 0.6) is 0 Å². The fraction of sp³-hybridized carbons (Fsp3) is 0.367. The first-order chi connectivity index (χ1) is 18.0. The number of hydrogen-bond acceptors (Lipinski definition) is 3. The number of pyridine rings is 1. The first kappa shape index (κ1) is 23.5. The Balaban J connectivity index is 1.51. The number of hydrogen-bond donors (Lipinski definition) is 1. The molecule has 1 aromatic carbocycles. The zero-order valence-electron chi connectivity index (χ0n) is 21.5. The van der Waals surface area contributed by atoms with E-state index in [4.69, 9.17) is 0 Å². The fourth-order valence-electron chi connectivity index (χ4n) is 6.00.